The average molecular weight is 352 g/mol. The van der Waals surface area contributed by atoms with E-state index in [0.717, 1.165) is 4.68 Å². The van der Waals surface area contributed by atoms with Crippen LogP contribution in [0, 0.1) is 0 Å². The zero-order chi connectivity index (χ0) is 17.7. The fourth-order valence-electron chi connectivity index (χ4n) is 1.85. The lowest BCUT2D eigenvalue weighted by Crippen LogP contribution is -2.35. The van der Waals surface area contributed by atoms with Gasteiger partial charge in [0.15, 0.2) is 5.82 Å². The third-order valence-electron chi connectivity index (χ3n) is 2.85. The van der Waals surface area contributed by atoms with Crippen LogP contribution in [-0.2, 0) is 4.74 Å². The van der Waals surface area contributed by atoms with Crippen molar-refractivity contribution < 1.29 is 14.3 Å². The van der Waals surface area contributed by atoms with E-state index in [1.807, 2.05) is 13.8 Å². The molecule has 2 aromatic rings. The molecule has 0 fully saturated rings. The fraction of sp³-hybridized carbons (Fsp3) is 0.333. The van der Waals surface area contributed by atoms with E-state index in [2.05, 4.69) is 20.9 Å². The van der Waals surface area contributed by atoms with Crippen LogP contribution in [0.4, 0.5) is 16.3 Å². The zero-order valence-electron chi connectivity index (χ0n) is 13.5. The van der Waals surface area contributed by atoms with Crippen LogP contribution in [0.2, 0.25) is 5.02 Å². The number of nitrogens with one attached hydrogen (secondary N) is 2. The van der Waals surface area contributed by atoms with Gasteiger partial charge in [-0.2, -0.15) is 0 Å². The predicted octanol–water partition coefficient (Wildman–Crippen LogP) is 2.82. The van der Waals surface area contributed by atoms with Crippen LogP contribution < -0.4 is 10.6 Å². The minimum Gasteiger partial charge on any atom is -0.461 e. The Labute approximate surface area is 144 Å². The molecule has 0 unspecified atom stereocenters. The molecule has 128 valence electrons. The van der Waals surface area contributed by atoms with Crippen molar-refractivity contribution in [2.75, 3.05) is 11.9 Å². The van der Waals surface area contributed by atoms with E-state index in [-0.39, 0.29) is 24.2 Å². The van der Waals surface area contributed by atoms with E-state index >= 15 is 0 Å². The maximum atomic E-state index is 12.3. The zero-order valence-corrected chi connectivity index (χ0v) is 14.3. The molecule has 0 spiro atoms. The predicted molar refractivity (Wildman–Crippen MR) is 89.8 cm³/mol. The minimum atomic E-state index is -0.669. The number of nitrogens with zero attached hydrogens (tertiary/aromatic N) is 3. The SMILES string of the molecule is CCOC(=O)c1nnn(C(=O)NC(C)C)c1Nc1ccc(Cl)cc1. The second-order valence-corrected chi connectivity index (χ2v) is 5.59. The van der Waals surface area contributed by atoms with Crippen molar-refractivity contribution in [1.82, 2.24) is 20.3 Å². The van der Waals surface area contributed by atoms with Gasteiger partial charge in [-0.15, -0.1) is 9.78 Å². The molecule has 0 aliphatic carbocycles. The lowest BCUT2D eigenvalue weighted by atomic mass is 10.3. The van der Waals surface area contributed by atoms with Crippen molar-refractivity contribution in [3.05, 3.63) is 35.0 Å². The lowest BCUT2D eigenvalue weighted by molar-refractivity contribution is 0.0520. The van der Waals surface area contributed by atoms with Gasteiger partial charge < -0.3 is 15.4 Å². The third kappa shape index (κ3) is 4.23. The monoisotopic (exact) mass is 351 g/mol. The number of carbonyl (C=O) groups excluding carboxylic acids is 2. The first-order valence-electron chi connectivity index (χ1n) is 7.38. The Morgan fingerprint density at radius 3 is 2.54 bits per heavy atom. The van der Waals surface area contributed by atoms with Crippen molar-refractivity contribution >= 4 is 35.1 Å². The smallest absolute Gasteiger partial charge is 0.362 e. The molecule has 2 rings (SSSR count). The summed E-state index contributed by atoms with van der Waals surface area (Å²) in [5.74, 6) is -0.550. The number of hydrogen-bond donors (Lipinski definition) is 2. The summed E-state index contributed by atoms with van der Waals surface area (Å²) < 4.78 is 5.94. The van der Waals surface area contributed by atoms with E-state index in [1.54, 1.807) is 31.2 Å². The van der Waals surface area contributed by atoms with Crippen LogP contribution in [-0.4, -0.2) is 39.6 Å². The number of amides is 1. The summed E-state index contributed by atoms with van der Waals surface area (Å²) in [6, 6.07) is 6.15. The third-order valence-corrected chi connectivity index (χ3v) is 3.10. The molecule has 2 N–H and O–H groups in total. The Bertz CT molecular complexity index is 727. The number of rotatable bonds is 5. The molecule has 1 aromatic carbocycles. The molecule has 1 amide bonds. The normalized spacial score (nSPS) is 10.5. The highest BCUT2D eigenvalue weighted by molar-refractivity contribution is 6.30. The van der Waals surface area contributed by atoms with Gasteiger partial charge in [0, 0.05) is 16.8 Å². The number of aromatic nitrogens is 3. The van der Waals surface area contributed by atoms with Gasteiger partial charge in [0.25, 0.3) is 0 Å². The molecule has 0 aliphatic rings. The van der Waals surface area contributed by atoms with Gasteiger partial charge in [-0.1, -0.05) is 16.8 Å². The Balaban J connectivity index is 2.39. The fourth-order valence-corrected chi connectivity index (χ4v) is 1.98. The van der Waals surface area contributed by atoms with Gasteiger partial charge in [0.2, 0.25) is 5.69 Å². The molecule has 0 saturated heterocycles. The molecule has 0 radical (unpaired) electrons. The summed E-state index contributed by atoms with van der Waals surface area (Å²) >= 11 is 5.86. The number of benzene rings is 1. The van der Waals surface area contributed by atoms with Gasteiger partial charge >= 0.3 is 12.0 Å². The quantitative estimate of drug-likeness (QED) is 0.804. The highest BCUT2D eigenvalue weighted by Crippen LogP contribution is 2.21. The van der Waals surface area contributed by atoms with E-state index in [9.17, 15) is 9.59 Å². The summed E-state index contributed by atoms with van der Waals surface area (Å²) in [5, 5.41) is 13.7. The first kappa shape index (κ1) is 17.7. The molecule has 8 nitrogen and oxygen atoms in total. The van der Waals surface area contributed by atoms with Gasteiger partial charge in [-0.3, -0.25) is 0 Å². The van der Waals surface area contributed by atoms with Crippen molar-refractivity contribution in [3.63, 3.8) is 0 Å². The second-order valence-electron chi connectivity index (χ2n) is 5.16. The molecule has 0 saturated carbocycles. The van der Waals surface area contributed by atoms with Crippen LogP contribution in [0.5, 0.6) is 0 Å². The van der Waals surface area contributed by atoms with Crippen molar-refractivity contribution in [3.8, 4) is 0 Å². The van der Waals surface area contributed by atoms with Crippen LogP contribution in [0.3, 0.4) is 0 Å². The van der Waals surface area contributed by atoms with E-state index < -0.39 is 12.0 Å². The van der Waals surface area contributed by atoms with Gasteiger partial charge in [-0.05, 0) is 45.0 Å². The Hall–Kier alpha value is -2.61. The highest BCUT2D eigenvalue weighted by atomic mass is 35.5. The van der Waals surface area contributed by atoms with Gasteiger partial charge in [0.05, 0.1) is 6.61 Å². The summed E-state index contributed by atoms with van der Waals surface area (Å²) in [6.45, 7) is 5.49. The number of ether oxygens (including phenoxy) is 1. The summed E-state index contributed by atoms with van der Waals surface area (Å²) in [7, 11) is 0. The summed E-state index contributed by atoms with van der Waals surface area (Å²) in [4.78, 5) is 24.3. The van der Waals surface area contributed by atoms with Crippen molar-refractivity contribution in [1.29, 1.82) is 0 Å². The van der Waals surface area contributed by atoms with E-state index in [1.165, 1.54) is 0 Å². The number of carbonyl (C=O) groups is 2. The summed E-state index contributed by atoms with van der Waals surface area (Å²) in [5.41, 5.74) is 0.538. The largest absolute Gasteiger partial charge is 0.461 e. The van der Waals surface area contributed by atoms with Crippen molar-refractivity contribution in [2.45, 2.75) is 26.8 Å². The number of halogens is 1. The average Bonchev–Trinajstić information content (AvgIpc) is 2.93. The Morgan fingerprint density at radius 1 is 1.29 bits per heavy atom. The van der Waals surface area contributed by atoms with E-state index in [4.69, 9.17) is 16.3 Å². The van der Waals surface area contributed by atoms with Crippen LogP contribution in [0.15, 0.2) is 24.3 Å². The van der Waals surface area contributed by atoms with Crippen molar-refractivity contribution in [2.24, 2.45) is 0 Å². The molecular weight excluding hydrogens is 334 g/mol. The lowest BCUT2D eigenvalue weighted by Gasteiger charge is -2.12. The Morgan fingerprint density at radius 2 is 1.96 bits per heavy atom. The molecule has 1 heterocycles. The molecule has 0 aliphatic heterocycles. The second kappa shape index (κ2) is 7.78. The van der Waals surface area contributed by atoms with Crippen LogP contribution >= 0.6 is 11.6 Å². The first-order chi connectivity index (χ1) is 11.4. The van der Waals surface area contributed by atoms with Crippen LogP contribution in [0.25, 0.3) is 0 Å². The molecule has 0 bridgehead atoms. The maximum Gasteiger partial charge on any atom is 0.362 e. The minimum absolute atomic E-state index is 0.0780. The van der Waals surface area contributed by atoms with Crippen LogP contribution in [0.1, 0.15) is 31.3 Å². The number of esters is 1. The summed E-state index contributed by atoms with van der Waals surface area (Å²) in [6.07, 6.45) is 0. The molecule has 0 atom stereocenters. The molecule has 1 aromatic heterocycles. The molecule has 24 heavy (non-hydrogen) atoms. The standard InChI is InChI=1S/C15H18ClN5O3/c1-4-24-14(22)12-13(18-11-7-5-10(16)6-8-11)21(20-19-12)15(23)17-9(2)3/h5-9,18H,4H2,1-3H3,(H,17,23). The van der Waals surface area contributed by atoms with E-state index in [0.29, 0.717) is 10.7 Å². The number of hydrogen-bond acceptors (Lipinski definition) is 6. The number of anilines is 2. The van der Waals surface area contributed by atoms with Gasteiger partial charge in [0.1, 0.15) is 0 Å². The highest BCUT2D eigenvalue weighted by Gasteiger charge is 2.24. The van der Waals surface area contributed by atoms with Gasteiger partial charge in [-0.25, -0.2) is 9.59 Å². The maximum absolute atomic E-state index is 12.3. The first-order valence-corrected chi connectivity index (χ1v) is 7.76. The Kier molecular flexibility index (Phi) is 5.75. The molecule has 9 heteroatoms. The molecular formula is C15H18ClN5O3. The topological polar surface area (TPSA) is 98.1 Å².